The van der Waals surface area contributed by atoms with Gasteiger partial charge in [-0.15, -0.1) is 0 Å². The number of hydrogen-bond donors (Lipinski definition) is 3. The molecule has 0 atom stereocenters. The van der Waals surface area contributed by atoms with Crippen molar-refractivity contribution in [3.63, 3.8) is 0 Å². The van der Waals surface area contributed by atoms with Gasteiger partial charge in [-0.1, -0.05) is 17.9 Å². The lowest BCUT2D eigenvalue weighted by Crippen LogP contribution is -2.27. The van der Waals surface area contributed by atoms with Crippen molar-refractivity contribution in [2.75, 3.05) is 51.4 Å². The molecule has 0 aliphatic carbocycles. The minimum absolute atomic E-state index is 0.0415. The number of aromatic nitrogens is 4. The Labute approximate surface area is 222 Å². The first kappa shape index (κ1) is 27.1. The van der Waals surface area contributed by atoms with E-state index in [0.717, 1.165) is 17.4 Å². The predicted octanol–water partition coefficient (Wildman–Crippen LogP) is 3.60. The Morgan fingerprint density at radius 3 is 2.63 bits per heavy atom. The molecular weight excluding hydrogens is 514 g/mol. The largest absolute Gasteiger partial charge is 0.467 e. The molecule has 10 nitrogen and oxygen atoms in total. The number of anilines is 2. The first-order valence-electron chi connectivity index (χ1n) is 11.9. The zero-order valence-corrected chi connectivity index (χ0v) is 21.9. The Bertz CT molecular complexity index is 1470. The molecule has 0 radical (unpaired) electrons. The van der Waals surface area contributed by atoms with Crippen molar-refractivity contribution in [1.82, 2.24) is 30.2 Å². The SMILES string of the molecule is C=CC(=O)NCCNc1nc(OC)nc2c(F)c(-c3ccc(F)c4sc(N)nc34)ncc12.CN1CCCC1. The highest BCUT2D eigenvalue weighted by Gasteiger charge is 2.21. The van der Waals surface area contributed by atoms with Gasteiger partial charge in [0, 0.05) is 24.8 Å². The fourth-order valence-electron chi connectivity index (χ4n) is 3.95. The summed E-state index contributed by atoms with van der Waals surface area (Å²) in [6.45, 7) is 6.60. The van der Waals surface area contributed by atoms with Crippen molar-refractivity contribution in [3.8, 4) is 17.3 Å². The second kappa shape index (κ2) is 12.0. The number of amides is 1. The summed E-state index contributed by atoms with van der Waals surface area (Å²) in [5.41, 5.74) is 6.13. The molecular formula is C25H28F2N8O2S. The number of likely N-dealkylation sites (tertiary alicyclic amines) is 1. The monoisotopic (exact) mass is 542 g/mol. The summed E-state index contributed by atoms with van der Waals surface area (Å²) in [4.78, 5) is 30.3. The molecule has 1 aliphatic rings. The summed E-state index contributed by atoms with van der Waals surface area (Å²) in [5.74, 6) is -1.29. The third-order valence-electron chi connectivity index (χ3n) is 5.85. The maximum atomic E-state index is 15.6. The molecule has 0 spiro atoms. The number of nitrogens with zero attached hydrogens (tertiary/aromatic N) is 5. The predicted molar refractivity (Wildman–Crippen MR) is 145 cm³/mol. The number of rotatable bonds is 7. The minimum atomic E-state index is -0.745. The molecule has 1 aromatic carbocycles. The van der Waals surface area contributed by atoms with Crippen LogP contribution in [0.2, 0.25) is 0 Å². The third kappa shape index (κ3) is 5.94. The van der Waals surface area contributed by atoms with Gasteiger partial charge in [0.05, 0.1) is 22.7 Å². The zero-order valence-electron chi connectivity index (χ0n) is 21.1. The number of nitrogen functional groups attached to an aromatic ring is 1. The Morgan fingerprint density at radius 2 is 1.97 bits per heavy atom. The van der Waals surface area contributed by atoms with Gasteiger partial charge in [-0.25, -0.2) is 13.8 Å². The van der Waals surface area contributed by atoms with Crippen molar-refractivity contribution in [2.45, 2.75) is 12.8 Å². The van der Waals surface area contributed by atoms with E-state index < -0.39 is 11.6 Å². The fourth-order valence-corrected chi connectivity index (χ4v) is 4.71. The van der Waals surface area contributed by atoms with Crippen molar-refractivity contribution in [1.29, 1.82) is 0 Å². The molecule has 200 valence electrons. The molecule has 0 unspecified atom stereocenters. The first-order valence-corrected chi connectivity index (χ1v) is 12.7. The van der Waals surface area contributed by atoms with Crippen LogP contribution in [0.25, 0.3) is 32.4 Å². The van der Waals surface area contributed by atoms with Crippen LogP contribution in [0.5, 0.6) is 6.01 Å². The van der Waals surface area contributed by atoms with Gasteiger partial charge >= 0.3 is 6.01 Å². The smallest absolute Gasteiger partial charge is 0.318 e. The number of thiazole rings is 1. The van der Waals surface area contributed by atoms with Gasteiger partial charge < -0.3 is 26.0 Å². The molecule has 1 saturated heterocycles. The van der Waals surface area contributed by atoms with E-state index in [1.807, 2.05) is 0 Å². The first-order chi connectivity index (χ1) is 18.3. The van der Waals surface area contributed by atoms with E-state index in [1.165, 1.54) is 51.4 Å². The van der Waals surface area contributed by atoms with Crippen LogP contribution in [-0.2, 0) is 4.79 Å². The van der Waals surface area contributed by atoms with E-state index in [1.54, 1.807) is 0 Å². The maximum Gasteiger partial charge on any atom is 0.318 e. The second-order valence-corrected chi connectivity index (χ2v) is 9.53. The van der Waals surface area contributed by atoms with Gasteiger partial charge in [-0.05, 0) is 51.2 Å². The van der Waals surface area contributed by atoms with Gasteiger partial charge in [0.1, 0.15) is 22.8 Å². The molecule has 0 saturated carbocycles. The van der Waals surface area contributed by atoms with Crippen molar-refractivity contribution in [2.24, 2.45) is 0 Å². The van der Waals surface area contributed by atoms with Gasteiger partial charge in [-0.3, -0.25) is 9.78 Å². The molecule has 4 heterocycles. The Balaban J connectivity index is 0.000000494. The number of methoxy groups -OCH3 is 1. The molecule has 3 aromatic heterocycles. The molecule has 1 aliphatic heterocycles. The lowest BCUT2D eigenvalue weighted by molar-refractivity contribution is -0.116. The summed E-state index contributed by atoms with van der Waals surface area (Å²) >= 11 is 0.970. The highest BCUT2D eigenvalue weighted by Crippen LogP contribution is 2.36. The van der Waals surface area contributed by atoms with Gasteiger partial charge in [0.25, 0.3) is 0 Å². The topological polar surface area (TPSA) is 131 Å². The zero-order chi connectivity index (χ0) is 27.2. The van der Waals surface area contributed by atoms with Crippen LogP contribution in [0.3, 0.4) is 0 Å². The van der Waals surface area contributed by atoms with Crippen LogP contribution in [-0.4, -0.2) is 71.1 Å². The maximum absolute atomic E-state index is 15.6. The second-order valence-electron chi connectivity index (χ2n) is 8.50. The fraction of sp³-hybridized carbons (Fsp3) is 0.320. The van der Waals surface area contributed by atoms with E-state index in [0.29, 0.717) is 11.9 Å². The molecule has 4 N–H and O–H groups in total. The number of ether oxygens (including phenoxy) is 1. The molecule has 5 rings (SSSR count). The number of carbonyl (C=O) groups is 1. The van der Waals surface area contributed by atoms with Crippen LogP contribution in [0, 0.1) is 11.6 Å². The van der Waals surface area contributed by atoms with E-state index in [4.69, 9.17) is 10.5 Å². The lowest BCUT2D eigenvalue weighted by atomic mass is 10.1. The molecule has 13 heteroatoms. The van der Waals surface area contributed by atoms with E-state index in [2.05, 4.69) is 49.1 Å². The Morgan fingerprint density at radius 1 is 1.21 bits per heavy atom. The average molecular weight is 543 g/mol. The number of benzene rings is 1. The van der Waals surface area contributed by atoms with E-state index >= 15 is 4.39 Å². The molecule has 4 aromatic rings. The number of halogens is 2. The lowest BCUT2D eigenvalue weighted by Gasteiger charge is -2.12. The van der Waals surface area contributed by atoms with E-state index in [9.17, 15) is 9.18 Å². The Kier molecular flexibility index (Phi) is 8.59. The molecule has 38 heavy (non-hydrogen) atoms. The summed E-state index contributed by atoms with van der Waals surface area (Å²) < 4.78 is 35.0. The van der Waals surface area contributed by atoms with E-state index in [-0.39, 0.29) is 56.4 Å². The average Bonchev–Trinajstić information content (AvgIpc) is 3.56. The summed E-state index contributed by atoms with van der Waals surface area (Å²) in [7, 11) is 3.53. The number of fused-ring (bicyclic) bond motifs is 2. The summed E-state index contributed by atoms with van der Waals surface area (Å²) in [6.07, 6.45) is 5.39. The van der Waals surface area contributed by atoms with Crippen LogP contribution >= 0.6 is 11.3 Å². The normalized spacial score (nSPS) is 13.3. The highest BCUT2D eigenvalue weighted by molar-refractivity contribution is 7.22. The number of carbonyl (C=O) groups excluding carboxylic acids is 1. The number of nitrogens with one attached hydrogen (secondary N) is 2. The molecule has 0 bridgehead atoms. The number of pyridine rings is 1. The molecule has 1 amide bonds. The van der Waals surface area contributed by atoms with Crippen molar-refractivity contribution >= 4 is 49.3 Å². The van der Waals surface area contributed by atoms with Crippen LogP contribution in [0.4, 0.5) is 19.7 Å². The Hall–Kier alpha value is -3.97. The van der Waals surface area contributed by atoms with Crippen LogP contribution < -0.4 is 21.1 Å². The highest BCUT2D eigenvalue weighted by atomic mass is 32.1. The summed E-state index contributed by atoms with van der Waals surface area (Å²) in [5, 5.41) is 6.08. The minimum Gasteiger partial charge on any atom is -0.467 e. The molecule has 1 fully saturated rings. The van der Waals surface area contributed by atoms with Crippen molar-refractivity contribution < 1.29 is 18.3 Å². The number of nitrogens with two attached hydrogens (primary N) is 1. The number of hydrogen-bond acceptors (Lipinski definition) is 10. The van der Waals surface area contributed by atoms with Gasteiger partial charge in [0.2, 0.25) is 5.91 Å². The summed E-state index contributed by atoms with van der Waals surface area (Å²) in [6, 6.07) is 2.55. The third-order valence-corrected chi connectivity index (χ3v) is 6.74. The standard InChI is InChI=1S/C20H17F2N7O2S.C5H11N/c1-3-12(30)24-6-7-25-18-10-8-26-14(13(22)15(10)28-20(29-18)31-2)9-4-5-11(21)17-16(9)27-19(23)32-17;1-6-4-2-3-5-6/h3-5,8H,1,6-7H2,2H3,(H2,23,27)(H,24,30)(H,25,28,29);2-5H2,1H3. The van der Waals surface area contributed by atoms with Crippen LogP contribution in [0.1, 0.15) is 12.8 Å². The van der Waals surface area contributed by atoms with Crippen LogP contribution in [0.15, 0.2) is 31.0 Å². The van der Waals surface area contributed by atoms with Gasteiger partial charge in [0.15, 0.2) is 10.9 Å². The van der Waals surface area contributed by atoms with Gasteiger partial charge in [-0.2, -0.15) is 9.97 Å². The van der Waals surface area contributed by atoms with Crippen molar-refractivity contribution in [3.05, 3.63) is 42.6 Å². The quantitative estimate of drug-likeness (QED) is 0.237.